The van der Waals surface area contributed by atoms with Gasteiger partial charge in [0.25, 0.3) is 0 Å². The van der Waals surface area contributed by atoms with E-state index in [9.17, 15) is 9.59 Å². The Hall–Kier alpha value is -2.82. The van der Waals surface area contributed by atoms with E-state index in [1.54, 1.807) is 18.2 Å². The van der Waals surface area contributed by atoms with Crippen LogP contribution in [0.3, 0.4) is 0 Å². The van der Waals surface area contributed by atoms with Gasteiger partial charge in [-0.15, -0.1) is 0 Å². The molecule has 0 atom stereocenters. The van der Waals surface area contributed by atoms with Crippen molar-refractivity contribution in [3.63, 3.8) is 0 Å². The van der Waals surface area contributed by atoms with Crippen molar-refractivity contribution in [1.29, 1.82) is 0 Å². The molecule has 5 nitrogen and oxygen atoms in total. The molecule has 2 N–H and O–H groups in total. The quantitative estimate of drug-likeness (QED) is 0.782. The number of carboxylic acid groups (broad SMARTS) is 1. The van der Waals surface area contributed by atoms with Crippen LogP contribution in [0.5, 0.6) is 5.75 Å². The van der Waals surface area contributed by atoms with Gasteiger partial charge in [-0.1, -0.05) is 42.5 Å². The Kier molecular flexibility index (Phi) is 6.47. The summed E-state index contributed by atoms with van der Waals surface area (Å²) in [6.45, 7) is 0.0438. The fraction of sp³-hybridized carbons (Fsp3) is 0.364. The number of rotatable bonds is 7. The molecule has 1 aliphatic rings. The molecule has 5 heteroatoms. The molecule has 0 saturated heterocycles. The Bertz CT molecular complexity index is 767. The smallest absolute Gasteiger partial charge is 0.341 e. The molecule has 0 aromatic heterocycles. The van der Waals surface area contributed by atoms with Gasteiger partial charge in [0.05, 0.1) is 0 Å². The second kappa shape index (κ2) is 9.21. The maximum absolute atomic E-state index is 12.5. The summed E-state index contributed by atoms with van der Waals surface area (Å²) >= 11 is 0. The molecular weight excluding hydrogens is 342 g/mol. The van der Waals surface area contributed by atoms with Crippen molar-refractivity contribution >= 4 is 11.9 Å². The number of carbonyl (C=O) groups excluding carboxylic acids is 1. The summed E-state index contributed by atoms with van der Waals surface area (Å²) < 4.78 is 5.17. The topological polar surface area (TPSA) is 75.6 Å². The third-order valence-electron chi connectivity index (χ3n) is 5.10. The predicted molar refractivity (Wildman–Crippen MR) is 103 cm³/mol. The van der Waals surface area contributed by atoms with Crippen LogP contribution >= 0.6 is 0 Å². The van der Waals surface area contributed by atoms with Gasteiger partial charge >= 0.3 is 5.97 Å². The number of hydrogen-bond donors (Lipinski definition) is 2. The van der Waals surface area contributed by atoms with E-state index in [0.717, 1.165) is 31.2 Å². The lowest BCUT2D eigenvalue weighted by atomic mass is 9.78. The summed E-state index contributed by atoms with van der Waals surface area (Å²) in [4.78, 5) is 23.1. The summed E-state index contributed by atoms with van der Waals surface area (Å²) in [6.07, 6.45) is 3.90. The molecule has 1 aliphatic carbocycles. The lowest BCUT2D eigenvalue weighted by molar-refractivity contribution is -0.139. The summed E-state index contributed by atoms with van der Waals surface area (Å²) in [5, 5.41) is 11.7. The molecule has 2 aromatic rings. The number of benzene rings is 2. The van der Waals surface area contributed by atoms with Gasteiger partial charge in [-0.25, -0.2) is 4.79 Å². The number of amides is 1. The van der Waals surface area contributed by atoms with Crippen molar-refractivity contribution < 1.29 is 19.4 Å². The van der Waals surface area contributed by atoms with E-state index in [1.807, 2.05) is 12.1 Å². The zero-order valence-electron chi connectivity index (χ0n) is 15.3. The standard InChI is InChI=1S/C22H25NO4/c24-21(25)15-27-20-8-4-5-16(13-20)14-23-22(26)19-11-9-18(10-12-19)17-6-2-1-3-7-17/h1-8,13,18-19H,9-12,14-15H2,(H,23,26)(H,24,25). The fourth-order valence-corrected chi connectivity index (χ4v) is 3.64. The van der Waals surface area contributed by atoms with Crippen LogP contribution in [0.4, 0.5) is 0 Å². The summed E-state index contributed by atoms with van der Waals surface area (Å²) in [5.41, 5.74) is 2.26. The number of aliphatic carboxylic acids is 1. The second-order valence-corrected chi connectivity index (χ2v) is 7.01. The van der Waals surface area contributed by atoms with Crippen LogP contribution < -0.4 is 10.1 Å². The Morgan fingerprint density at radius 3 is 2.44 bits per heavy atom. The van der Waals surface area contributed by atoms with Gasteiger partial charge in [0.1, 0.15) is 5.75 Å². The lowest BCUT2D eigenvalue weighted by Crippen LogP contribution is -2.32. The van der Waals surface area contributed by atoms with E-state index in [1.165, 1.54) is 5.56 Å². The SMILES string of the molecule is O=C(O)COc1cccc(CNC(=O)C2CCC(c3ccccc3)CC2)c1. The molecule has 1 fully saturated rings. The van der Waals surface area contributed by atoms with Crippen molar-refractivity contribution in [2.75, 3.05) is 6.61 Å². The number of carboxylic acids is 1. The van der Waals surface area contributed by atoms with E-state index >= 15 is 0 Å². The van der Waals surface area contributed by atoms with Gasteiger partial charge in [0, 0.05) is 12.5 Å². The first-order valence-corrected chi connectivity index (χ1v) is 9.38. The highest BCUT2D eigenvalue weighted by molar-refractivity contribution is 5.78. The molecule has 3 rings (SSSR count). The largest absolute Gasteiger partial charge is 0.482 e. The van der Waals surface area contributed by atoms with Crippen LogP contribution in [-0.2, 0) is 16.1 Å². The summed E-state index contributed by atoms with van der Waals surface area (Å²) in [7, 11) is 0. The van der Waals surface area contributed by atoms with Gasteiger partial charge < -0.3 is 15.2 Å². The predicted octanol–water partition coefficient (Wildman–Crippen LogP) is 3.74. The van der Waals surface area contributed by atoms with Gasteiger partial charge in [0.2, 0.25) is 5.91 Å². The van der Waals surface area contributed by atoms with Crippen LogP contribution in [-0.4, -0.2) is 23.6 Å². The molecule has 27 heavy (non-hydrogen) atoms. The molecule has 1 saturated carbocycles. The van der Waals surface area contributed by atoms with Crippen molar-refractivity contribution in [3.05, 3.63) is 65.7 Å². The molecule has 142 valence electrons. The molecule has 0 radical (unpaired) electrons. The molecule has 2 aromatic carbocycles. The highest BCUT2D eigenvalue weighted by atomic mass is 16.5. The summed E-state index contributed by atoms with van der Waals surface area (Å²) in [5.74, 6) is 0.195. The zero-order chi connectivity index (χ0) is 19.1. The van der Waals surface area contributed by atoms with Crippen LogP contribution in [0.1, 0.15) is 42.7 Å². The Balaban J connectivity index is 1.46. The van der Waals surface area contributed by atoms with Gasteiger partial charge in [0.15, 0.2) is 6.61 Å². The highest BCUT2D eigenvalue weighted by Crippen LogP contribution is 2.35. The third kappa shape index (κ3) is 5.58. The monoisotopic (exact) mass is 367 g/mol. The fourth-order valence-electron chi connectivity index (χ4n) is 3.64. The lowest BCUT2D eigenvalue weighted by Gasteiger charge is -2.28. The first kappa shape index (κ1) is 19.0. The highest BCUT2D eigenvalue weighted by Gasteiger charge is 2.26. The molecular formula is C22H25NO4. The van der Waals surface area contributed by atoms with Crippen LogP contribution in [0.2, 0.25) is 0 Å². The minimum atomic E-state index is -1.01. The van der Waals surface area contributed by atoms with Gasteiger partial charge in [-0.3, -0.25) is 4.79 Å². The maximum Gasteiger partial charge on any atom is 0.341 e. The van der Waals surface area contributed by atoms with Crippen LogP contribution in [0, 0.1) is 5.92 Å². The first-order valence-electron chi connectivity index (χ1n) is 9.38. The van der Waals surface area contributed by atoms with E-state index in [-0.39, 0.29) is 18.4 Å². The number of ether oxygens (including phenoxy) is 1. The zero-order valence-corrected chi connectivity index (χ0v) is 15.3. The Morgan fingerprint density at radius 1 is 1.00 bits per heavy atom. The van der Waals surface area contributed by atoms with E-state index in [4.69, 9.17) is 9.84 Å². The number of hydrogen-bond acceptors (Lipinski definition) is 3. The minimum absolute atomic E-state index is 0.0661. The van der Waals surface area contributed by atoms with Crippen LogP contribution in [0.25, 0.3) is 0 Å². The molecule has 1 amide bonds. The van der Waals surface area contributed by atoms with Crippen LogP contribution in [0.15, 0.2) is 54.6 Å². The number of carbonyl (C=O) groups is 2. The van der Waals surface area contributed by atoms with Crippen molar-refractivity contribution in [2.24, 2.45) is 5.92 Å². The van der Waals surface area contributed by atoms with Crippen molar-refractivity contribution in [3.8, 4) is 5.75 Å². The first-order chi connectivity index (χ1) is 13.1. The number of nitrogens with one attached hydrogen (secondary N) is 1. The average molecular weight is 367 g/mol. The summed E-state index contributed by atoms with van der Waals surface area (Å²) in [6, 6.07) is 17.7. The third-order valence-corrected chi connectivity index (χ3v) is 5.10. The molecule has 0 spiro atoms. The normalized spacial score (nSPS) is 19.3. The molecule has 0 heterocycles. The minimum Gasteiger partial charge on any atom is -0.482 e. The van der Waals surface area contributed by atoms with Crippen molar-refractivity contribution in [1.82, 2.24) is 5.32 Å². The molecule has 0 unspecified atom stereocenters. The van der Waals surface area contributed by atoms with Gasteiger partial charge in [-0.2, -0.15) is 0 Å². The van der Waals surface area contributed by atoms with Gasteiger partial charge in [-0.05, 0) is 54.9 Å². The molecule has 0 aliphatic heterocycles. The van der Waals surface area contributed by atoms with E-state index < -0.39 is 5.97 Å². The molecule has 0 bridgehead atoms. The van der Waals surface area contributed by atoms with E-state index in [2.05, 4.69) is 29.6 Å². The maximum atomic E-state index is 12.5. The second-order valence-electron chi connectivity index (χ2n) is 7.01. The Morgan fingerprint density at radius 2 is 1.74 bits per heavy atom. The van der Waals surface area contributed by atoms with Crippen molar-refractivity contribution in [2.45, 2.75) is 38.1 Å². The van der Waals surface area contributed by atoms with E-state index in [0.29, 0.717) is 18.2 Å². The Labute approximate surface area is 159 Å². The average Bonchev–Trinajstić information content (AvgIpc) is 2.71.